The Labute approximate surface area is 128 Å². The van der Waals surface area contributed by atoms with Crippen molar-refractivity contribution < 1.29 is 9.13 Å². The van der Waals surface area contributed by atoms with E-state index >= 15 is 0 Å². The number of halogens is 2. The van der Waals surface area contributed by atoms with Gasteiger partial charge in [0.15, 0.2) is 11.6 Å². The van der Waals surface area contributed by atoms with Gasteiger partial charge in [-0.1, -0.05) is 0 Å². The summed E-state index contributed by atoms with van der Waals surface area (Å²) in [7, 11) is 0. The summed E-state index contributed by atoms with van der Waals surface area (Å²) in [6.07, 6.45) is 0.683. The largest absolute Gasteiger partial charge is 0.490 e. The molecule has 1 aromatic heterocycles. The van der Waals surface area contributed by atoms with E-state index in [-0.39, 0.29) is 16.1 Å². The fourth-order valence-electron chi connectivity index (χ4n) is 1.67. The number of nitrogens with zero attached hydrogens (tertiary/aromatic N) is 1. The van der Waals surface area contributed by atoms with E-state index in [0.717, 1.165) is 10.6 Å². The van der Waals surface area contributed by atoms with E-state index in [1.54, 1.807) is 22.9 Å². The molecule has 7 heteroatoms. The summed E-state index contributed by atoms with van der Waals surface area (Å²) in [5.41, 5.74) is 8.43. The Hall–Kier alpha value is -1.47. The Morgan fingerprint density at radius 2 is 2.30 bits per heavy atom. The number of hydrogen-bond donors (Lipinski definition) is 2. The molecule has 0 spiro atoms. The van der Waals surface area contributed by atoms with E-state index < -0.39 is 5.82 Å². The molecule has 0 amide bonds. The maximum Gasteiger partial charge on any atom is 0.179 e. The van der Waals surface area contributed by atoms with Crippen molar-refractivity contribution in [3.8, 4) is 5.75 Å². The van der Waals surface area contributed by atoms with Crippen LogP contribution in [0.4, 0.5) is 4.39 Å². The van der Waals surface area contributed by atoms with Crippen molar-refractivity contribution in [1.82, 2.24) is 4.98 Å². The lowest BCUT2D eigenvalue weighted by molar-refractivity contribution is 0.305. The third-order valence-electron chi connectivity index (χ3n) is 2.77. The molecule has 2 aromatic rings. The molecule has 0 aliphatic rings. The predicted octanol–water partition coefficient (Wildman–Crippen LogP) is 3.26. The van der Waals surface area contributed by atoms with Crippen LogP contribution in [-0.4, -0.2) is 17.4 Å². The number of nitrogens with two attached hydrogens (primary N) is 1. The van der Waals surface area contributed by atoms with Gasteiger partial charge in [-0.15, -0.1) is 11.3 Å². The number of aromatic nitrogens is 1. The number of amidine groups is 1. The first-order chi connectivity index (χ1) is 9.50. The number of benzene rings is 1. The predicted molar refractivity (Wildman–Crippen MR) is 81.2 cm³/mol. The summed E-state index contributed by atoms with van der Waals surface area (Å²) in [6.45, 7) is 2.30. The van der Waals surface area contributed by atoms with Gasteiger partial charge in [-0.05, 0) is 35.0 Å². The van der Waals surface area contributed by atoms with Crippen LogP contribution in [0.15, 0.2) is 22.1 Å². The summed E-state index contributed by atoms with van der Waals surface area (Å²) in [5.74, 6) is -0.592. The highest BCUT2D eigenvalue weighted by molar-refractivity contribution is 9.10. The first-order valence-electron chi connectivity index (χ1n) is 5.85. The van der Waals surface area contributed by atoms with Crippen LogP contribution in [0.1, 0.15) is 16.1 Å². The van der Waals surface area contributed by atoms with E-state index in [4.69, 9.17) is 15.9 Å². The van der Waals surface area contributed by atoms with Crippen LogP contribution >= 0.6 is 27.3 Å². The lowest BCUT2D eigenvalue weighted by Crippen LogP contribution is -2.13. The van der Waals surface area contributed by atoms with Gasteiger partial charge in [0.05, 0.1) is 22.3 Å². The highest BCUT2D eigenvalue weighted by Gasteiger charge is 2.14. The lowest BCUT2D eigenvalue weighted by Gasteiger charge is -2.10. The molecule has 0 aliphatic heterocycles. The van der Waals surface area contributed by atoms with Crippen molar-refractivity contribution >= 4 is 33.1 Å². The van der Waals surface area contributed by atoms with Gasteiger partial charge >= 0.3 is 0 Å². The zero-order chi connectivity index (χ0) is 14.7. The zero-order valence-electron chi connectivity index (χ0n) is 10.7. The van der Waals surface area contributed by atoms with Crippen LogP contribution in [0, 0.1) is 18.2 Å². The molecule has 0 bridgehead atoms. The number of aryl methyl sites for hydroxylation is 1. The minimum absolute atomic E-state index is 0.143. The quantitative estimate of drug-likeness (QED) is 0.637. The molecule has 0 saturated heterocycles. The van der Waals surface area contributed by atoms with Gasteiger partial charge in [-0.25, -0.2) is 9.37 Å². The molecule has 0 unspecified atom stereocenters. The minimum Gasteiger partial charge on any atom is -0.490 e. The van der Waals surface area contributed by atoms with Crippen LogP contribution in [0.25, 0.3) is 0 Å². The van der Waals surface area contributed by atoms with Crippen LogP contribution < -0.4 is 10.5 Å². The van der Waals surface area contributed by atoms with Crippen LogP contribution in [0.3, 0.4) is 0 Å². The Bertz CT molecular complexity index is 645. The second kappa shape index (κ2) is 6.32. The Morgan fingerprint density at radius 3 is 2.90 bits per heavy atom. The van der Waals surface area contributed by atoms with E-state index in [9.17, 15) is 4.39 Å². The highest BCUT2D eigenvalue weighted by Crippen LogP contribution is 2.28. The Kier molecular flexibility index (Phi) is 4.72. The van der Waals surface area contributed by atoms with Gasteiger partial charge in [-0.2, -0.15) is 0 Å². The number of hydrogen-bond acceptors (Lipinski definition) is 4. The first kappa shape index (κ1) is 14.9. The average Bonchev–Trinajstić information content (AvgIpc) is 2.80. The summed E-state index contributed by atoms with van der Waals surface area (Å²) in [4.78, 5) is 5.28. The topological polar surface area (TPSA) is 72.0 Å². The molecule has 0 aliphatic carbocycles. The van der Waals surface area contributed by atoms with Crippen molar-refractivity contribution in [2.24, 2.45) is 5.73 Å². The van der Waals surface area contributed by atoms with Crippen LogP contribution in [0.2, 0.25) is 0 Å². The first-order valence-corrected chi connectivity index (χ1v) is 7.52. The molecular formula is C13H13BrFN3OS. The molecule has 1 aromatic carbocycles. The fraction of sp³-hybridized carbons (Fsp3) is 0.231. The molecule has 3 N–H and O–H groups in total. The number of ether oxygens (including phenoxy) is 1. The number of thiazole rings is 1. The number of nitrogen functional groups attached to an aromatic ring is 1. The summed E-state index contributed by atoms with van der Waals surface area (Å²) in [5, 5.41) is 7.33. The van der Waals surface area contributed by atoms with Gasteiger partial charge in [0.2, 0.25) is 0 Å². The van der Waals surface area contributed by atoms with E-state index in [0.29, 0.717) is 18.6 Å². The maximum absolute atomic E-state index is 14.0. The van der Waals surface area contributed by atoms with Gasteiger partial charge in [0.1, 0.15) is 5.84 Å². The van der Waals surface area contributed by atoms with E-state index in [1.165, 1.54) is 6.07 Å². The average molecular weight is 358 g/mol. The molecule has 2 rings (SSSR count). The number of rotatable bonds is 5. The summed E-state index contributed by atoms with van der Waals surface area (Å²) in [6, 6.07) is 3.04. The molecule has 1 heterocycles. The third-order valence-corrected chi connectivity index (χ3v) is 4.54. The molecule has 4 nitrogen and oxygen atoms in total. The molecule has 0 radical (unpaired) electrons. The van der Waals surface area contributed by atoms with Crippen molar-refractivity contribution in [2.75, 3.05) is 6.61 Å². The molecule has 0 atom stereocenters. The Balaban J connectivity index is 2.05. The SMILES string of the molecule is Cc1ncsc1CCOc1ccc(C(=N)N)c(Br)c1F. The second-order valence-electron chi connectivity index (χ2n) is 4.11. The minimum atomic E-state index is -0.543. The molecule has 0 fully saturated rings. The second-order valence-corrected chi connectivity index (χ2v) is 5.84. The smallest absolute Gasteiger partial charge is 0.179 e. The van der Waals surface area contributed by atoms with Crippen LogP contribution in [-0.2, 0) is 6.42 Å². The van der Waals surface area contributed by atoms with Crippen LogP contribution in [0.5, 0.6) is 5.75 Å². The van der Waals surface area contributed by atoms with Gasteiger partial charge in [-0.3, -0.25) is 5.41 Å². The number of nitrogens with one attached hydrogen (secondary N) is 1. The molecule has 106 valence electrons. The van der Waals surface area contributed by atoms with E-state index in [2.05, 4.69) is 20.9 Å². The van der Waals surface area contributed by atoms with E-state index in [1.807, 2.05) is 6.92 Å². The Morgan fingerprint density at radius 1 is 1.55 bits per heavy atom. The van der Waals surface area contributed by atoms with Crippen molar-refractivity contribution in [2.45, 2.75) is 13.3 Å². The third kappa shape index (κ3) is 3.16. The lowest BCUT2D eigenvalue weighted by atomic mass is 10.2. The molecular weight excluding hydrogens is 345 g/mol. The molecule has 20 heavy (non-hydrogen) atoms. The van der Waals surface area contributed by atoms with Gasteiger partial charge in [0, 0.05) is 16.9 Å². The van der Waals surface area contributed by atoms with Crippen molar-refractivity contribution in [1.29, 1.82) is 5.41 Å². The maximum atomic E-state index is 14.0. The van der Waals surface area contributed by atoms with Gasteiger partial charge < -0.3 is 10.5 Å². The highest BCUT2D eigenvalue weighted by atomic mass is 79.9. The standard InChI is InChI=1S/C13H13BrFN3OS/c1-7-10(20-6-18-7)4-5-19-9-3-2-8(13(16)17)11(14)12(9)15/h2-3,6H,4-5H2,1H3,(H3,16,17). The monoisotopic (exact) mass is 357 g/mol. The summed E-state index contributed by atoms with van der Waals surface area (Å²) >= 11 is 4.65. The fourth-order valence-corrected chi connectivity index (χ4v) is 2.97. The normalized spacial score (nSPS) is 10.6. The van der Waals surface area contributed by atoms with Gasteiger partial charge in [0.25, 0.3) is 0 Å². The van der Waals surface area contributed by atoms with Crippen molar-refractivity contribution in [3.63, 3.8) is 0 Å². The summed E-state index contributed by atoms with van der Waals surface area (Å²) < 4.78 is 19.6. The zero-order valence-corrected chi connectivity index (χ0v) is 13.1. The van der Waals surface area contributed by atoms with Crippen molar-refractivity contribution in [3.05, 3.63) is 44.1 Å². The molecule has 0 saturated carbocycles.